The van der Waals surface area contributed by atoms with Gasteiger partial charge in [0.2, 0.25) is 0 Å². The smallest absolute Gasteiger partial charge is 0.0926 e. The lowest BCUT2D eigenvalue weighted by Gasteiger charge is -1.95. The third-order valence-corrected chi connectivity index (χ3v) is 0.972. The summed E-state index contributed by atoms with van der Waals surface area (Å²) in [4.78, 5) is 0. The van der Waals surface area contributed by atoms with Crippen molar-refractivity contribution in [3.05, 3.63) is 18.0 Å². The number of rotatable bonds is 1. The summed E-state index contributed by atoms with van der Waals surface area (Å²) >= 11 is 0. The van der Waals surface area contributed by atoms with E-state index in [4.69, 9.17) is 5.11 Å². The Balaban J connectivity index is 0.000000640. The van der Waals surface area contributed by atoms with E-state index in [1.54, 1.807) is 19.2 Å². The number of aromatic nitrogens is 2. The maximum Gasteiger partial charge on any atom is 0.0926 e. The average Bonchev–Trinajstić information content (AvgIpc) is 2.12. The molecule has 0 fully saturated rings. The predicted molar refractivity (Wildman–Crippen MR) is 36.5 cm³/mol. The third kappa shape index (κ3) is 2.03. The van der Waals surface area contributed by atoms with Gasteiger partial charge in [0.05, 0.1) is 11.8 Å². The van der Waals surface area contributed by atoms with Gasteiger partial charge in [-0.2, -0.15) is 5.10 Å². The topological polar surface area (TPSA) is 48.9 Å². The Bertz CT molecular complexity index is 150. The predicted octanol–water partition coefficient (Wildman–Crippen LogP) is 0.885. The van der Waals surface area contributed by atoms with Crippen molar-refractivity contribution < 1.29 is 5.11 Å². The molecule has 9 heavy (non-hydrogen) atoms. The van der Waals surface area contributed by atoms with Crippen LogP contribution in [0.25, 0.3) is 0 Å². The van der Waals surface area contributed by atoms with Crippen molar-refractivity contribution >= 4 is 12.4 Å². The highest BCUT2D eigenvalue weighted by Gasteiger charge is 1.97. The summed E-state index contributed by atoms with van der Waals surface area (Å²) in [5.41, 5.74) is 0.755. The van der Waals surface area contributed by atoms with Gasteiger partial charge in [-0.1, -0.05) is 0 Å². The number of aliphatic hydroxyl groups excluding tert-OH is 1. The maximum atomic E-state index is 8.84. The molecule has 0 bridgehead atoms. The van der Waals surface area contributed by atoms with Gasteiger partial charge in [-0.05, 0) is 13.0 Å². The van der Waals surface area contributed by atoms with Gasteiger partial charge in [0, 0.05) is 6.20 Å². The highest BCUT2D eigenvalue weighted by molar-refractivity contribution is 5.85. The summed E-state index contributed by atoms with van der Waals surface area (Å²) < 4.78 is 0. The van der Waals surface area contributed by atoms with Gasteiger partial charge in [0.15, 0.2) is 0 Å². The molecule has 0 radical (unpaired) electrons. The second-order valence-corrected chi connectivity index (χ2v) is 1.69. The molecular weight excluding hydrogens is 140 g/mol. The van der Waals surface area contributed by atoms with E-state index in [-0.39, 0.29) is 12.4 Å². The number of nitrogens with one attached hydrogen (secondary N) is 1. The number of nitrogens with zero attached hydrogens (tertiary/aromatic N) is 1. The van der Waals surface area contributed by atoms with Crippen LogP contribution in [-0.4, -0.2) is 15.3 Å². The van der Waals surface area contributed by atoms with Gasteiger partial charge >= 0.3 is 0 Å². The summed E-state index contributed by atoms with van der Waals surface area (Å²) in [6.07, 6.45) is 1.18. The molecule has 2 N–H and O–H groups in total. The first-order valence-electron chi connectivity index (χ1n) is 2.48. The molecule has 0 unspecified atom stereocenters. The monoisotopic (exact) mass is 148 g/mol. The first kappa shape index (κ1) is 8.46. The normalized spacial score (nSPS) is 12.2. The first-order chi connectivity index (χ1) is 3.80. The van der Waals surface area contributed by atoms with E-state index >= 15 is 0 Å². The fraction of sp³-hybridized carbons (Fsp3) is 0.400. The van der Waals surface area contributed by atoms with Crippen molar-refractivity contribution in [3.8, 4) is 0 Å². The minimum atomic E-state index is -0.433. The molecule has 1 aromatic heterocycles. The standard InChI is InChI=1S/C5H8N2O.ClH/c1-4(8)5-2-3-6-7-5;/h2-4,8H,1H3,(H,6,7);1H/t4-;/m1./s1. The number of halogens is 1. The van der Waals surface area contributed by atoms with Crippen molar-refractivity contribution in [3.63, 3.8) is 0 Å². The lowest BCUT2D eigenvalue weighted by atomic mass is 10.3. The molecule has 52 valence electrons. The Morgan fingerprint density at radius 3 is 2.67 bits per heavy atom. The first-order valence-corrected chi connectivity index (χ1v) is 2.48. The van der Waals surface area contributed by atoms with Crippen molar-refractivity contribution in [2.24, 2.45) is 0 Å². The van der Waals surface area contributed by atoms with E-state index in [0.717, 1.165) is 5.69 Å². The Hall–Kier alpha value is -0.540. The number of aliphatic hydroxyl groups is 1. The maximum absolute atomic E-state index is 8.84. The molecule has 1 atom stereocenters. The molecule has 3 nitrogen and oxygen atoms in total. The number of hydrogen-bond acceptors (Lipinski definition) is 2. The van der Waals surface area contributed by atoms with Gasteiger partial charge in [-0.25, -0.2) is 0 Å². The average molecular weight is 149 g/mol. The van der Waals surface area contributed by atoms with Crippen LogP contribution >= 0.6 is 12.4 Å². The highest BCUT2D eigenvalue weighted by atomic mass is 35.5. The van der Waals surface area contributed by atoms with E-state index < -0.39 is 6.10 Å². The van der Waals surface area contributed by atoms with Crippen LogP contribution in [0.4, 0.5) is 0 Å². The number of aromatic amines is 1. The zero-order chi connectivity index (χ0) is 5.98. The lowest BCUT2D eigenvalue weighted by molar-refractivity contribution is 0.194. The number of H-pyrrole nitrogens is 1. The zero-order valence-electron chi connectivity index (χ0n) is 5.03. The highest BCUT2D eigenvalue weighted by Crippen LogP contribution is 2.04. The van der Waals surface area contributed by atoms with E-state index in [1.165, 1.54) is 0 Å². The summed E-state index contributed by atoms with van der Waals surface area (Å²) in [5, 5.41) is 15.1. The number of hydrogen-bond donors (Lipinski definition) is 2. The fourth-order valence-electron chi connectivity index (χ4n) is 0.499. The van der Waals surface area contributed by atoms with Crippen LogP contribution in [0.5, 0.6) is 0 Å². The van der Waals surface area contributed by atoms with Crippen molar-refractivity contribution in [1.29, 1.82) is 0 Å². The van der Waals surface area contributed by atoms with Gasteiger partial charge in [0.25, 0.3) is 0 Å². The van der Waals surface area contributed by atoms with Crippen LogP contribution in [0.15, 0.2) is 12.3 Å². The molecule has 0 spiro atoms. The van der Waals surface area contributed by atoms with Crippen molar-refractivity contribution in [2.45, 2.75) is 13.0 Å². The van der Waals surface area contributed by atoms with Crippen LogP contribution < -0.4 is 0 Å². The van der Waals surface area contributed by atoms with Crippen molar-refractivity contribution in [1.82, 2.24) is 10.2 Å². The molecule has 1 rings (SSSR count). The largest absolute Gasteiger partial charge is 0.387 e. The van der Waals surface area contributed by atoms with Gasteiger partial charge in [-0.15, -0.1) is 12.4 Å². The molecule has 0 aliphatic carbocycles. The molecule has 4 heteroatoms. The fourth-order valence-corrected chi connectivity index (χ4v) is 0.499. The Kier molecular flexibility index (Phi) is 3.27. The molecule has 0 amide bonds. The molecule has 1 aromatic rings. The molecule has 0 saturated heterocycles. The summed E-state index contributed by atoms with van der Waals surface area (Å²) in [6, 6.07) is 1.74. The molecule has 0 saturated carbocycles. The Morgan fingerprint density at radius 1 is 1.78 bits per heavy atom. The second kappa shape index (κ2) is 3.48. The Morgan fingerprint density at radius 2 is 2.44 bits per heavy atom. The minimum Gasteiger partial charge on any atom is -0.387 e. The Labute approximate surface area is 59.5 Å². The van der Waals surface area contributed by atoms with Crippen LogP contribution in [-0.2, 0) is 0 Å². The van der Waals surface area contributed by atoms with E-state index in [0.29, 0.717) is 0 Å². The minimum absolute atomic E-state index is 0. The van der Waals surface area contributed by atoms with E-state index in [9.17, 15) is 0 Å². The SMILES string of the molecule is C[C@@H](O)c1ccn[nH]1.Cl. The van der Waals surface area contributed by atoms with Gasteiger partial charge < -0.3 is 5.11 Å². The quantitative estimate of drug-likeness (QED) is 0.622. The summed E-state index contributed by atoms with van der Waals surface area (Å²) in [7, 11) is 0. The lowest BCUT2D eigenvalue weighted by Crippen LogP contribution is -1.89. The van der Waals surface area contributed by atoms with Crippen molar-refractivity contribution in [2.75, 3.05) is 0 Å². The van der Waals surface area contributed by atoms with Crippen LogP contribution in [0, 0.1) is 0 Å². The van der Waals surface area contributed by atoms with E-state index in [1.807, 2.05) is 0 Å². The summed E-state index contributed by atoms with van der Waals surface area (Å²) in [5.74, 6) is 0. The van der Waals surface area contributed by atoms with Crippen LogP contribution in [0.1, 0.15) is 18.7 Å². The van der Waals surface area contributed by atoms with Crippen LogP contribution in [0.2, 0.25) is 0 Å². The van der Waals surface area contributed by atoms with Crippen LogP contribution in [0.3, 0.4) is 0 Å². The molecule has 0 aliphatic heterocycles. The third-order valence-electron chi connectivity index (χ3n) is 0.972. The molecular formula is C5H9ClN2O. The molecule has 0 aromatic carbocycles. The summed E-state index contributed by atoms with van der Waals surface area (Å²) in [6.45, 7) is 1.69. The zero-order valence-corrected chi connectivity index (χ0v) is 5.85. The molecule has 0 aliphatic rings. The molecule has 1 heterocycles. The second-order valence-electron chi connectivity index (χ2n) is 1.69. The van der Waals surface area contributed by atoms with E-state index in [2.05, 4.69) is 10.2 Å². The van der Waals surface area contributed by atoms with Gasteiger partial charge in [-0.3, -0.25) is 5.10 Å². The van der Waals surface area contributed by atoms with Gasteiger partial charge in [0.1, 0.15) is 0 Å².